The fourth-order valence-corrected chi connectivity index (χ4v) is 2.97. The molecule has 1 fully saturated rings. The molecule has 2 unspecified atom stereocenters. The van der Waals surface area contributed by atoms with Crippen molar-refractivity contribution in [2.45, 2.75) is 18.9 Å². The monoisotopic (exact) mass is 278 g/mol. The van der Waals surface area contributed by atoms with Crippen LogP contribution in [0.1, 0.15) is 24.5 Å². The molecule has 1 heterocycles. The van der Waals surface area contributed by atoms with Gasteiger partial charge in [-0.05, 0) is 36.6 Å². The van der Waals surface area contributed by atoms with Crippen molar-refractivity contribution in [3.8, 4) is 0 Å². The zero-order valence-corrected chi connectivity index (χ0v) is 11.0. The van der Waals surface area contributed by atoms with Gasteiger partial charge in [0.2, 0.25) is 0 Å². The Morgan fingerprint density at radius 2 is 1.88 bits per heavy atom. The van der Waals surface area contributed by atoms with E-state index < -0.39 is 0 Å². The van der Waals surface area contributed by atoms with Gasteiger partial charge in [0.1, 0.15) is 0 Å². The van der Waals surface area contributed by atoms with Gasteiger partial charge in [-0.15, -0.1) is 11.6 Å². The van der Waals surface area contributed by atoms with Crippen molar-refractivity contribution < 1.29 is 4.74 Å². The summed E-state index contributed by atoms with van der Waals surface area (Å²) in [5.74, 6) is 0.958. The summed E-state index contributed by atoms with van der Waals surface area (Å²) >= 11 is 17.9. The van der Waals surface area contributed by atoms with E-state index in [1.807, 2.05) is 12.1 Å². The number of rotatable bonds is 2. The number of halogens is 3. The van der Waals surface area contributed by atoms with E-state index in [4.69, 9.17) is 39.5 Å². The van der Waals surface area contributed by atoms with Crippen LogP contribution in [0.2, 0.25) is 10.0 Å². The molecular formula is C12H13Cl3O. The molecule has 1 saturated heterocycles. The first-order chi connectivity index (χ1) is 7.70. The Balaban J connectivity index is 2.26. The van der Waals surface area contributed by atoms with Crippen molar-refractivity contribution in [2.75, 3.05) is 12.5 Å². The van der Waals surface area contributed by atoms with Gasteiger partial charge in [0.25, 0.3) is 0 Å². The molecular weight excluding hydrogens is 266 g/mol. The predicted molar refractivity (Wildman–Crippen MR) is 68.6 cm³/mol. The molecule has 2 rings (SSSR count). The van der Waals surface area contributed by atoms with Crippen LogP contribution in [0.5, 0.6) is 0 Å². The zero-order chi connectivity index (χ0) is 11.5. The number of hydrogen-bond acceptors (Lipinski definition) is 1. The first-order valence-corrected chi connectivity index (χ1v) is 6.63. The molecule has 0 spiro atoms. The van der Waals surface area contributed by atoms with Crippen LogP contribution in [0.25, 0.3) is 0 Å². The molecule has 4 heteroatoms. The molecule has 0 radical (unpaired) electrons. The van der Waals surface area contributed by atoms with Crippen LogP contribution in [0.15, 0.2) is 18.2 Å². The fourth-order valence-electron chi connectivity index (χ4n) is 2.11. The van der Waals surface area contributed by atoms with Gasteiger partial charge in [-0.2, -0.15) is 0 Å². The second-order valence-corrected chi connectivity index (χ2v) is 5.23. The molecule has 0 saturated carbocycles. The minimum Gasteiger partial charge on any atom is -0.373 e. The van der Waals surface area contributed by atoms with Crippen LogP contribution in [-0.4, -0.2) is 12.5 Å². The van der Waals surface area contributed by atoms with Crippen molar-refractivity contribution in [3.05, 3.63) is 33.8 Å². The molecule has 2 atom stereocenters. The minimum absolute atomic E-state index is 0.0300. The SMILES string of the molecule is ClCC1CCCOC1c1cc(Cl)cc(Cl)c1. The first-order valence-electron chi connectivity index (χ1n) is 5.34. The molecule has 1 aliphatic heterocycles. The summed E-state index contributed by atoms with van der Waals surface area (Å²) in [6.45, 7) is 0.780. The van der Waals surface area contributed by atoms with Gasteiger partial charge >= 0.3 is 0 Å². The van der Waals surface area contributed by atoms with Gasteiger partial charge < -0.3 is 4.74 Å². The molecule has 0 bridgehead atoms. The minimum atomic E-state index is 0.0300. The third-order valence-electron chi connectivity index (χ3n) is 2.86. The van der Waals surface area contributed by atoms with E-state index in [0.717, 1.165) is 25.0 Å². The Morgan fingerprint density at radius 3 is 2.50 bits per heavy atom. The van der Waals surface area contributed by atoms with Crippen LogP contribution in [-0.2, 0) is 4.74 Å². The molecule has 1 nitrogen and oxygen atoms in total. The smallest absolute Gasteiger partial charge is 0.0865 e. The normalized spacial score (nSPS) is 25.7. The van der Waals surface area contributed by atoms with Crippen LogP contribution < -0.4 is 0 Å². The molecule has 0 aromatic heterocycles. The Labute approximate surface area is 111 Å². The van der Waals surface area contributed by atoms with E-state index in [9.17, 15) is 0 Å². The van der Waals surface area contributed by atoms with Crippen molar-refractivity contribution in [3.63, 3.8) is 0 Å². The predicted octanol–water partition coefficient (Wildman–Crippen LogP) is 4.70. The maximum absolute atomic E-state index is 5.99. The van der Waals surface area contributed by atoms with Crippen molar-refractivity contribution in [1.82, 2.24) is 0 Å². The quantitative estimate of drug-likeness (QED) is 0.713. The lowest BCUT2D eigenvalue weighted by Crippen LogP contribution is -2.23. The second-order valence-electron chi connectivity index (χ2n) is 4.05. The van der Waals surface area contributed by atoms with Gasteiger partial charge in [0, 0.05) is 28.5 Å². The van der Waals surface area contributed by atoms with E-state index >= 15 is 0 Å². The Bertz CT molecular complexity index is 347. The lowest BCUT2D eigenvalue weighted by molar-refractivity contribution is -0.0208. The highest BCUT2D eigenvalue weighted by molar-refractivity contribution is 6.34. The van der Waals surface area contributed by atoms with Crippen molar-refractivity contribution in [1.29, 1.82) is 0 Å². The summed E-state index contributed by atoms with van der Waals surface area (Å²) in [5, 5.41) is 1.29. The molecule has 88 valence electrons. The Hall–Kier alpha value is 0.0500. The van der Waals surface area contributed by atoms with Crippen LogP contribution in [0.4, 0.5) is 0 Å². The van der Waals surface area contributed by atoms with E-state index in [-0.39, 0.29) is 6.10 Å². The summed E-state index contributed by atoms with van der Waals surface area (Å²) in [6.07, 6.45) is 2.20. The highest BCUT2D eigenvalue weighted by Crippen LogP contribution is 2.36. The maximum Gasteiger partial charge on any atom is 0.0865 e. The standard InChI is InChI=1S/C12H13Cl3O/c13-7-8-2-1-3-16-12(8)9-4-10(14)6-11(15)5-9/h4-6,8,12H,1-3,7H2. The number of hydrogen-bond donors (Lipinski definition) is 0. The van der Waals surface area contributed by atoms with Gasteiger partial charge in [-0.3, -0.25) is 0 Å². The lowest BCUT2D eigenvalue weighted by Gasteiger charge is -2.31. The van der Waals surface area contributed by atoms with Gasteiger partial charge in [-0.25, -0.2) is 0 Å². The third kappa shape index (κ3) is 2.84. The van der Waals surface area contributed by atoms with Crippen molar-refractivity contribution >= 4 is 34.8 Å². The highest BCUT2D eigenvalue weighted by atomic mass is 35.5. The van der Waals surface area contributed by atoms with Crippen LogP contribution in [0.3, 0.4) is 0 Å². The highest BCUT2D eigenvalue weighted by Gasteiger charge is 2.27. The van der Waals surface area contributed by atoms with E-state index in [0.29, 0.717) is 21.8 Å². The molecule has 0 N–H and O–H groups in total. The Morgan fingerprint density at radius 1 is 1.19 bits per heavy atom. The molecule has 1 aromatic rings. The zero-order valence-electron chi connectivity index (χ0n) is 8.76. The number of ether oxygens (including phenoxy) is 1. The Kier molecular flexibility index (Phi) is 4.37. The summed E-state index contributed by atoms with van der Waals surface area (Å²) in [4.78, 5) is 0. The summed E-state index contributed by atoms with van der Waals surface area (Å²) in [5.41, 5.74) is 1.03. The third-order valence-corrected chi connectivity index (χ3v) is 3.69. The van der Waals surface area contributed by atoms with Crippen LogP contribution >= 0.6 is 34.8 Å². The topological polar surface area (TPSA) is 9.23 Å². The first kappa shape index (κ1) is 12.5. The fraction of sp³-hybridized carbons (Fsp3) is 0.500. The number of benzene rings is 1. The van der Waals surface area contributed by atoms with E-state index in [2.05, 4.69) is 0 Å². The lowest BCUT2D eigenvalue weighted by atomic mass is 9.91. The summed E-state index contributed by atoms with van der Waals surface area (Å²) in [6, 6.07) is 5.54. The molecule has 1 aliphatic rings. The molecule has 1 aromatic carbocycles. The average molecular weight is 280 g/mol. The molecule has 16 heavy (non-hydrogen) atoms. The molecule has 0 aliphatic carbocycles. The second kappa shape index (κ2) is 5.59. The van der Waals surface area contributed by atoms with Gasteiger partial charge in [0.05, 0.1) is 6.10 Å². The van der Waals surface area contributed by atoms with E-state index in [1.54, 1.807) is 6.07 Å². The van der Waals surface area contributed by atoms with Gasteiger partial charge in [-0.1, -0.05) is 23.2 Å². The largest absolute Gasteiger partial charge is 0.373 e. The number of alkyl halides is 1. The molecule has 0 amide bonds. The van der Waals surface area contributed by atoms with Crippen molar-refractivity contribution in [2.24, 2.45) is 5.92 Å². The summed E-state index contributed by atoms with van der Waals surface area (Å²) < 4.78 is 5.78. The van der Waals surface area contributed by atoms with Gasteiger partial charge in [0.15, 0.2) is 0 Å². The van der Waals surface area contributed by atoms with E-state index in [1.165, 1.54) is 0 Å². The van der Waals surface area contributed by atoms with Crippen LogP contribution in [0, 0.1) is 5.92 Å². The average Bonchev–Trinajstić information content (AvgIpc) is 2.27. The summed E-state index contributed by atoms with van der Waals surface area (Å²) in [7, 11) is 0. The maximum atomic E-state index is 5.99.